The molecule has 0 amide bonds. The molecule has 4 heteroatoms. The maximum absolute atomic E-state index is 9.46. The van der Waals surface area contributed by atoms with Crippen molar-refractivity contribution in [2.45, 2.75) is 43.6 Å². The van der Waals surface area contributed by atoms with Crippen molar-refractivity contribution in [3.05, 3.63) is 18.3 Å². The summed E-state index contributed by atoms with van der Waals surface area (Å²) in [7, 11) is 0. The maximum atomic E-state index is 9.46. The van der Waals surface area contributed by atoms with Crippen molar-refractivity contribution in [2.24, 2.45) is 0 Å². The van der Waals surface area contributed by atoms with E-state index in [4.69, 9.17) is 4.74 Å². The molecule has 3 nitrogen and oxygen atoms in total. The zero-order valence-corrected chi connectivity index (χ0v) is 10.8. The van der Waals surface area contributed by atoms with Crippen molar-refractivity contribution in [1.82, 2.24) is 4.98 Å². The van der Waals surface area contributed by atoms with Crippen LogP contribution in [0.1, 0.15) is 27.2 Å². The molecule has 2 unspecified atom stereocenters. The summed E-state index contributed by atoms with van der Waals surface area (Å²) < 4.78 is 5.60. The van der Waals surface area contributed by atoms with Crippen LogP contribution in [0.4, 0.5) is 0 Å². The molecule has 0 aliphatic rings. The van der Waals surface area contributed by atoms with Crippen molar-refractivity contribution in [1.29, 1.82) is 0 Å². The number of ether oxygens (including phenoxy) is 1. The van der Waals surface area contributed by atoms with Crippen LogP contribution in [-0.4, -0.2) is 28.1 Å². The third-order valence-electron chi connectivity index (χ3n) is 2.17. The van der Waals surface area contributed by atoms with Crippen LogP contribution in [0, 0.1) is 0 Å². The van der Waals surface area contributed by atoms with Crippen LogP contribution < -0.4 is 4.74 Å². The van der Waals surface area contributed by atoms with Crippen molar-refractivity contribution < 1.29 is 9.84 Å². The van der Waals surface area contributed by atoms with Crippen molar-refractivity contribution in [3.8, 4) is 5.75 Å². The molecule has 1 aromatic rings. The van der Waals surface area contributed by atoms with E-state index in [2.05, 4.69) is 11.9 Å². The van der Waals surface area contributed by atoms with Crippen LogP contribution in [0.15, 0.2) is 23.4 Å². The molecule has 1 N–H and O–H groups in total. The van der Waals surface area contributed by atoms with E-state index in [1.54, 1.807) is 24.9 Å². The average Bonchev–Trinajstić information content (AvgIpc) is 2.27. The lowest BCUT2D eigenvalue weighted by Crippen LogP contribution is -2.15. The van der Waals surface area contributed by atoms with Gasteiger partial charge in [-0.3, -0.25) is 0 Å². The Morgan fingerprint density at radius 2 is 2.25 bits per heavy atom. The Balaban J connectivity index is 2.70. The number of pyridine rings is 1. The van der Waals surface area contributed by atoms with Gasteiger partial charge < -0.3 is 9.84 Å². The second-order valence-electron chi connectivity index (χ2n) is 3.72. The van der Waals surface area contributed by atoms with Gasteiger partial charge in [0.15, 0.2) is 5.75 Å². The number of rotatable bonds is 6. The minimum Gasteiger partial charge on any atom is -0.491 e. The second kappa shape index (κ2) is 6.76. The number of hydrogen-bond acceptors (Lipinski definition) is 4. The van der Waals surface area contributed by atoms with Crippen LogP contribution in [-0.2, 0) is 0 Å². The first kappa shape index (κ1) is 13.3. The molecule has 1 rings (SSSR count). The highest BCUT2D eigenvalue weighted by Crippen LogP contribution is 2.31. The second-order valence-corrected chi connectivity index (χ2v) is 5.08. The van der Waals surface area contributed by atoms with E-state index >= 15 is 0 Å². The van der Waals surface area contributed by atoms with E-state index in [1.165, 1.54) is 0 Å². The van der Waals surface area contributed by atoms with Gasteiger partial charge in [0.05, 0.1) is 12.7 Å². The van der Waals surface area contributed by atoms with Crippen molar-refractivity contribution >= 4 is 11.8 Å². The third-order valence-corrected chi connectivity index (χ3v) is 3.47. The Labute approximate surface area is 101 Å². The lowest BCUT2D eigenvalue weighted by molar-refractivity contribution is 0.196. The number of aliphatic hydroxyl groups is 1. The van der Waals surface area contributed by atoms with Gasteiger partial charge in [0.1, 0.15) is 5.03 Å². The lowest BCUT2D eigenvalue weighted by Gasteiger charge is -2.15. The first-order valence-corrected chi connectivity index (χ1v) is 6.45. The first-order valence-electron chi connectivity index (χ1n) is 5.57. The molecule has 1 heterocycles. The predicted molar refractivity (Wildman–Crippen MR) is 67.0 cm³/mol. The molecule has 0 aromatic carbocycles. The highest BCUT2D eigenvalue weighted by molar-refractivity contribution is 8.00. The van der Waals surface area contributed by atoms with Gasteiger partial charge in [-0.15, -0.1) is 0 Å². The topological polar surface area (TPSA) is 42.4 Å². The summed E-state index contributed by atoms with van der Waals surface area (Å²) in [5.74, 6) is 0.807. The first-order chi connectivity index (χ1) is 7.65. The highest BCUT2D eigenvalue weighted by atomic mass is 32.2. The van der Waals surface area contributed by atoms with E-state index in [0.29, 0.717) is 6.61 Å². The molecule has 0 radical (unpaired) electrons. The zero-order valence-electron chi connectivity index (χ0n) is 10.0. The molecule has 0 fully saturated rings. The largest absolute Gasteiger partial charge is 0.491 e. The van der Waals surface area contributed by atoms with Gasteiger partial charge in [0.2, 0.25) is 0 Å². The predicted octanol–water partition coefficient (Wildman–Crippen LogP) is 2.73. The van der Waals surface area contributed by atoms with E-state index in [9.17, 15) is 5.11 Å². The monoisotopic (exact) mass is 241 g/mol. The average molecular weight is 241 g/mol. The van der Waals surface area contributed by atoms with Gasteiger partial charge in [-0.05, 0) is 25.5 Å². The summed E-state index contributed by atoms with van der Waals surface area (Å²) in [6.07, 6.45) is 2.37. The molecule has 0 bridgehead atoms. The number of aliphatic hydroxyl groups excluding tert-OH is 1. The van der Waals surface area contributed by atoms with Gasteiger partial charge >= 0.3 is 0 Å². The maximum Gasteiger partial charge on any atom is 0.151 e. The van der Waals surface area contributed by atoms with Crippen LogP contribution >= 0.6 is 11.8 Å². The molecule has 1 aromatic heterocycles. The van der Waals surface area contributed by atoms with Crippen LogP contribution in [0.5, 0.6) is 5.75 Å². The summed E-state index contributed by atoms with van der Waals surface area (Å²) in [6, 6.07) is 3.78. The SMILES string of the molecule is CCCOc1cccnc1SC(C)C(C)O. The molecule has 2 atom stereocenters. The summed E-state index contributed by atoms with van der Waals surface area (Å²) >= 11 is 1.54. The summed E-state index contributed by atoms with van der Waals surface area (Å²) in [6.45, 7) is 6.53. The van der Waals surface area contributed by atoms with E-state index in [-0.39, 0.29) is 11.4 Å². The highest BCUT2D eigenvalue weighted by Gasteiger charge is 2.14. The zero-order chi connectivity index (χ0) is 12.0. The van der Waals surface area contributed by atoms with Crippen LogP contribution in [0.25, 0.3) is 0 Å². The van der Waals surface area contributed by atoms with Gasteiger partial charge in [0, 0.05) is 11.4 Å². The van der Waals surface area contributed by atoms with E-state index in [0.717, 1.165) is 17.2 Å². The number of thioether (sulfide) groups is 1. The Hall–Kier alpha value is -0.740. The standard InChI is InChI=1S/C12H19NO2S/c1-4-8-15-11-6-5-7-13-12(11)16-10(3)9(2)14/h5-7,9-10,14H,4,8H2,1-3H3. The summed E-state index contributed by atoms with van der Waals surface area (Å²) in [5.41, 5.74) is 0. The Kier molecular flexibility index (Phi) is 5.63. The molecule has 0 spiro atoms. The Morgan fingerprint density at radius 1 is 1.50 bits per heavy atom. The Bertz CT molecular complexity index is 318. The molecule has 0 saturated carbocycles. The number of nitrogens with zero attached hydrogens (tertiary/aromatic N) is 1. The summed E-state index contributed by atoms with van der Waals surface area (Å²) in [4.78, 5) is 4.28. The third kappa shape index (κ3) is 4.02. The number of hydrogen-bond donors (Lipinski definition) is 1. The van der Waals surface area contributed by atoms with E-state index in [1.807, 2.05) is 19.1 Å². The fourth-order valence-electron chi connectivity index (χ4n) is 1.06. The van der Waals surface area contributed by atoms with E-state index < -0.39 is 0 Å². The van der Waals surface area contributed by atoms with Gasteiger partial charge in [0.25, 0.3) is 0 Å². The van der Waals surface area contributed by atoms with Crippen molar-refractivity contribution in [2.75, 3.05) is 6.61 Å². The Morgan fingerprint density at radius 3 is 2.88 bits per heavy atom. The lowest BCUT2D eigenvalue weighted by atomic mass is 10.3. The molecule has 0 saturated heterocycles. The minimum absolute atomic E-state index is 0.110. The van der Waals surface area contributed by atoms with Gasteiger partial charge in [-0.2, -0.15) is 0 Å². The minimum atomic E-state index is -0.356. The molecular formula is C12H19NO2S. The quantitative estimate of drug-likeness (QED) is 0.778. The van der Waals surface area contributed by atoms with Crippen molar-refractivity contribution in [3.63, 3.8) is 0 Å². The molecule has 16 heavy (non-hydrogen) atoms. The summed E-state index contributed by atoms with van der Waals surface area (Å²) in [5, 5.41) is 10.4. The fraction of sp³-hybridized carbons (Fsp3) is 0.583. The fourth-order valence-corrected chi connectivity index (χ4v) is 1.97. The van der Waals surface area contributed by atoms with Crippen LogP contribution in [0.2, 0.25) is 0 Å². The normalized spacial score (nSPS) is 14.5. The smallest absolute Gasteiger partial charge is 0.151 e. The number of aromatic nitrogens is 1. The van der Waals surface area contributed by atoms with Gasteiger partial charge in [-0.25, -0.2) is 4.98 Å². The van der Waals surface area contributed by atoms with Gasteiger partial charge in [-0.1, -0.05) is 25.6 Å². The molecule has 90 valence electrons. The van der Waals surface area contributed by atoms with Crippen LogP contribution in [0.3, 0.4) is 0 Å². The molecular weight excluding hydrogens is 222 g/mol. The molecule has 0 aliphatic heterocycles. The molecule has 0 aliphatic carbocycles.